The Hall–Kier alpha value is -2.30. The van der Waals surface area contributed by atoms with Gasteiger partial charge in [0.15, 0.2) is 0 Å². The lowest BCUT2D eigenvalue weighted by Gasteiger charge is -2.28. The fraction of sp³-hybridized carbons (Fsp3) is 0.375. The zero-order chi connectivity index (χ0) is 14.8. The van der Waals surface area contributed by atoms with Gasteiger partial charge in [-0.1, -0.05) is 11.6 Å². The van der Waals surface area contributed by atoms with Crippen molar-refractivity contribution < 1.29 is 4.79 Å². The average Bonchev–Trinajstić information content (AvgIpc) is 2.96. The molecular weight excluding hydrogens is 264 g/mol. The predicted octanol–water partition coefficient (Wildman–Crippen LogP) is 2.28. The molecule has 1 aliphatic rings. The van der Waals surface area contributed by atoms with Crippen molar-refractivity contribution in [2.75, 3.05) is 18.4 Å². The quantitative estimate of drug-likeness (QED) is 0.940. The fourth-order valence-corrected chi connectivity index (χ4v) is 2.70. The highest BCUT2D eigenvalue weighted by Crippen LogP contribution is 2.21. The van der Waals surface area contributed by atoms with Crippen LogP contribution in [0.3, 0.4) is 0 Å². The van der Waals surface area contributed by atoms with Crippen LogP contribution in [0.5, 0.6) is 0 Å². The summed E-state index contributed by atoms with van der Waals surface area (Å²) in [6, 6.07) is 5.97. The van der Waals surface area contributed by atoms with Crippen molar-refractivity contribution in [3.05, 3.63) is 47.5 Å². The summed E-state index contributed by atoms with van der Waals surface area (Å²) in [7, 11) is 0. The zero-order valence-electron chi connectivity index (χ0n) is 12.5. The van der Waals surface area contributed by atoms with Crippen molar-refractivity contribution in [3.63, 3.8) is 0 Å². The van der Waals surface area contributed by atoms with E-state index in [0.29, 0.717) is 6.54 Å². The SMILES string of the molecule is CCNc1ccc(C)cc1C(=O)N1CCn2ccnc2C1. The van der Waals surface area contributed by atoms with Crippen LogP contribution < -0.4 is 5.32 Å². The van der Waals surface area contributed by atoms with Crippen LogP contribution in [0.1, 0.15) is 28.7 Å². The molecule has 21 heavy (non-hydrogen) atoms. The van der Waals surface area contributed by atoms with Crippen LogP contribution in [0.2, 0.25) is 0 Å². The Kier molecular flexibility index (Phi) is 3.64. The second kappa shape index (κ2) is 5.60. The van der Waals surface area contributed by atoms with E-state index in [0.717, 1.165) is 42.3 Å². The highest BCUT2D eigenvalue weighted by Gasteiger charge is 2.24. The molecule has 1 aromatic carbocycles. The van der Waals surface area contributed by atoms with Crippen molar-refractivity contribution in [2.24, 2.45) is 0 Å². The minimum Gasteiger partial charge on any atom is -0.385 e. The van der Waals surface area contributed by atoms with Crippen molar-refractivity contribution in [1.29, 1.82) is 0 Å². The standard InChI is InChI=1S/C16H20N4O/c1-3-17-14-5-4-12(2)10-13(14)16(21)20-9-8-19-7-6-18-15(19)11-20/h4-7,10,17H,3,8-9,11H2,1-2H3. The van der Waals surface area contributed by atoms with E-state index in [9.17, 15) is 4.79 Å². The Labute approximate surface area is 124 Å². The summed E-state index contributed by atoms with van der Waals surface area (Å²) in [5.74, 6) is 1.02. The smallest absolute Gasteiger partial charge is 0.256 e. The molecule has 1 amide bonds. The maximum absolute atomic E-state index is 12.8. The number of benzene rings is 1. The first-order chi connectivity index (χ1) is 10.2. The number of carbonyl (C=O) groups excluding carboxylic acids is 1. The summed E-state index contributed by atoms with van der Waals surface area (Å²) in [6.45, 7) is 6.95. The summed E-state index contributed by atoms with van der Waals surface area (Å²) in [6.07, 6.45) is 3.76. The van der Waals surface area contributed by atoms with Crippen LogP contribution in [-0.2, 0) is 13.1 Å². The zero-order valence-corrected chi connectivity index (χ0v) is 12.5. The number of fused-ring (bicyclic) bond motifs is 1. The molecule has 2 aromatic rings. The molecule has 5 nitrogen and oxygen atoms in total. The second-order valence-corrected chi connectivity index (χ2v) is 5.34. The van der Waals surface area contributed by atoms with Crippen LogP contribution in [0.25, 0.3) is 0 Å². The van der Waals surface area contributed by atoms with Crippen LogP contribution in [0, 0.1) is 6.92 Å². The van der Waals surface area contributed by atoms with Crippen molar-refractivity contribution in [3.8, 4) is 0 Å². The number of rotatable bonds is 3. The molecule has 1 aromatic heterocycles. The number of nitrogens with one attached hydrogen (secondary N) is 1. The van der Waals surface area contributed by atoms with E-state index in [1.54, 1.807) is 6.20 Å². The molecule has 0 bridgehead atoms. The second-order valence-electron chi connectivity index (χ2n) is 5.34. The average molecular weight is 284 g/mol. The highest BCUT2D eigenvalue weighted by molar-refractivity contribution is 5.99. The van der Waals surface area contributed by atoms with Gasteiger partial charge in [0.2, 0.25) is 0 Å². The highest BCUT2D eigenvalue weighted by atomic mass is 16.2. The van der Waals surface area contributed by atoms with Gasteiger partial charge in [-0.2, -0.15) is 0 Å². The largest absolute Gasteiger partial charge is 0.385 e. The van der Waals surface area contributed by atoms with Crippen LogP contribution in [-0.4, -0.2) is 33.4 Å². The van der Waals surface area contributed by atoms with E-state index in [4.69, 9.17) is 0 Å². The molecule has 1 aliphatic heterocycles. The molecular formula is C16H20N4O. The lowest BCUT2D eigenvalue weighted by Crippen LogP contribution is -2.38. The monoisotopic (exact) mass is 284 g/mol. The molecule has 0 spiro atoms. The Morgan fingerprint density at radius 1 is 1.38 bits per heavy atom. The normalized spacial score (nSPS) is 13.9. The molecule has 5 heteroatoms. The summed E-state index contributed by atoms with van der Waals surface area (Å²) in [5, 5.41) is 3.27. The van der Waals surface area contributed by atoms with E-state index in [2.05, 4.69) is 14.9 Å². The summed E-state index contributed by atoms with van der Waals surface area (Å²) in [4.78, 5) is 19.0. The number of aryl methyl sites for hydroxylation is 1. The maximum Gasteiger partial charge on any atom is 0.256 e. The molecule has 0 atom stereocenters. The molecule has 0 saturated carbocycles. The number of carbonyl (C=O) groups is 1. The number of imidazole rings is 1. The van der Waals surface area contributed by atoms with Gasteiger partial charge >= 0.3 is 0 Å². The number of nitrogens with zero attached hydrogens (tertiary/aromatic N) is 3. The molecule has 2 heterocycles. The number of hydrogen-bond acceptors (Lipinski definition) is 3. The van der Waals surface area contributed by atoms with E-state index in [1.165, 1.54) is 0 Å². The number of anilines is 1. The van der Waals surface area contributed by atoms with Gasteiger partial charge in [0.05, 0.1) is 12.1 Å². The summed E-state index contributed by atoms with van der Waals surface area (Å²) in [5.41, 5.74) is 2.75. The molecule has 3 rings (SSSR count). The van der Waals surface area contributed by atoms with Crippen molar-refractivity contribution >= 4 is 11.6 Å². The molecule has 1 N–H and O–H groups in total. The first-order valence-corrected chi connectivity index (χ1v) is 7.33. The molecule has 0 saturated heterocycles. The topological polar surface area (TPSA) is 50.2 Å². The number of hydrogen-bond donors (Lipinski definition) is 1. The van der Waals surface area contributed by atoms with Crippen LogP contribution in [0.4, 0.5) is 5.69 Å². The third-order valence-electron chi connectivity index (χ3n) is 3.80. The minimum atomic E-state index is 0.0731. The Morgan fingerprint density at radius 3 is 3.05 bits per heavy atom. The first kappa shape index (κ1) is 13.7. The van der Waals surface area contributed by atoms with Gasteiger partial charge in [0.25, 0.3) is 5.91 Å². The lowest BCUT2D eigenvalue weighted by molar-refractivity contribution is 0.0708. The molecule has 0 unspecified atom stereocenters. The molecule has 110 valence electrons. The van der Waals surface area contributed by atoms with E-state index in [1.807, 2.05) is 43.1 Å². The van der Waals surface area contributed by atoms with E-state index < -0.39 is 0 Å². The summed E-state index contributed by atoms with van der Waals surface area (Å²) < 4.78 is 2.10. The van der Waals surface area contributed by atoms with Crippen LogP contribution in [0.15, 0.2) is 30.6 Å². The third-order valence-corrected chi connectivity index (χ3v) is 3.80. The van der Waals surface area contributed by atoms with Gasteiger partial charge < -0.3 is 14.8 Å². The molecule has 0 aliphatic carbocycles. The van der Waals surface area contributed by atoms with Gasteiger partial charge in [-0.25, -0.2) is 4.98 Å². The number of aromatic nitrogens is 2. The van der Waals surface area contributed by atoms with Crippen molar-refractivity contribution in [1.82, 2.24) is 14.5 Å². The molecule has 0 fully saturated rings. The summed E-state index contributed by atoms with van der Waals surface area (Å²) >= 11 is 0. The Bertz CT molecular complexity index is 662. The van der Waals surface area contributed by atoms with E-state index >= 15 is 0 Å². The number of amides is 1. The first-order valence-electron chi connectivity index (χ1n) is 7.33. The fourth-order valence-electron chi connectivity index (χ4n) is 2.70. The maximum atomic E-state index is 12.8. The third kappa shape index (κ3) is 2.63. The van der Waals surface area contributed by atoms with Gasteiger partial charge in [-0.05, 0) is 26.0 Å². The Morgan fingerprint density at radius 2 is 2.24 bits per heavy atom. The van der Waals surface area contributed by atoms with Gasteiger partial charge in [-0.3, -0.25) is 4.79 Å². The molecule has 0 radical (unpaired) electrons. The van der Waals surface area contributed by atoms with Crippen molar-refractivity contribution in [2.45, 2.75) is 26.9 Å². The minimum absolute atomic E-state index is 0.0731. The van der Waals surface area contributed by atoms with E-state index in [-0.39, 0.29) is 5.91 Å². The van der Waals surface area contributed by atoms with Gasteiger partial charge in [0, 0.05) is 37.7 Å². The lowest BCUT2D eigenvalue weighted by atomic mass is 10.1. The Balaban J connectivity index is 1.87. The van der Waals surface area contributed by atoms with Crippen LogP contribution >= 0.6 is 0 Å². The van der Waals surface area contributed by atoms with Gasteiger partial charge in [-0.15, -0.1) is 0 Å². The predicted molar refractivity (Wildman–Crippen MR) is 82.3 cm³/mol. The van der Waals surface area contributed by atoms with Gasteiger partial charge in [0.1, 0.15) is 5.82 Å².